The summed E-state index contributed by atoms with van der Waals surface area (Å²) in [7, 11) is 0. The topological polar surface area (TPSA) is 117 Å². The predicted octanol–water partition coefficient (Wildman–Crippen LogP) is 2.11. The largest absolute Gasteiger partial charge is 0.368 e. The number of hydrogen-bond acceptors (Lipinski definition) is 7. The SMILES string of the molecule is CC(C)n1nc(-c2c(-c3ccccc3)nc(N)nc2-n2cncn2)ccc1=O. The van der Waals surface area contributed by atoms with Crippen LogP contribution < -0.4 is 11.3 Å². The number of nitrogens with zero attached hydrogens (tertiary/aromatic N) is 7. The average Bonchev–Trinajstić information content (AvgIpc) is 3.23. The molecule has 1 aromatic carbocycles. The van der Waals surface area contributed by atoms with Gasteiger partial charge >= 0.3 is 0 Å². The zero-order valence-corrected chi connectivity index (χ0v) is 15.4. The van der Waals surface area contributed by atoms with E-state index in [9.17, 15) is 4.79 Å². The summed E-state index contributed by atoms with van der Waals surface area (Å²) in [6, 6.07) is 12.6. The standard InChI is InChI=1S/C19H18N8O/c1-12(2)27-15(28)9-8-14(25-27)16-17(13-6-4-3-5-7-13)23-19(20)24-18(16)26-11-21-10-22-26/h3-12H,1-2H3,(H2,20,23,24). The zero-order chi connectivity index (χ0) is 19.7. The lowest BCUT2D eigenvalue weighted by Gasteiger charge is -2.15. The van der Waals surface area contributed by atoms with E-state index < -0.39 is 0 Å². The molecule has 0 unspecified atom stereocenters. The minimum Gasteiger partial charge on any atom is -0.368 e. The van der Waals surface area contributed by atoms with Crippen molar-refractivity contribution in [1.29, 1.82) is 0 Å². The van der Waals surface area contributed by atoms with Gasteiger partial charge in [-0.15, -0.1) is 0 Å². The number of anilines is 1. The first-order valence-corrected chi connectivity index (χ1v) is 8.73. The third kappa shape index (κ3) is 3.13. The smallest absolute Gasteiger partial charge is 0.267 e. The minimum absolute atomic E-state index is 0.0999. The normalized spacial score (nSPS) is 11.1. The Kier molecular flexibility index (Phi) is 4.40. The first kappa shape index (κ1) is 17.5. The van der Waals surface area contributed by atoms with Crippen LogP contribution in [-0.2, 0) is 0 Å². The summed E-state index contributed by atoms with van der Waals surface area (Å²) in [6.07, 6.45) is 2.94. The van der Waals surface area contributed by atoms with Crippen LogP contribution in [-0.4, -0.2) is 34.5 Å². The number of hydrogen-bond donors (Lipinski definition) is 1. The lowest BCUT2D eigenvalue weighted by atomic mass is 10.0. The van der Waals surface area contributed by atoms with Crippen molar-refractivity contribution in [2.75, 3.05) is 5.73 Å². The Morgan fingerprint density at radius 3 is 2.50 bits per heavy atom. The van der Waals surface area contributed by atoms with Gasteiger partial charge in [0.15, 0.2) is 5.82 Å². The molecule has 0 atom stereocenters. The van der Waals surface area contributed by atoms with E-state index in [4.69, 9.17) is 5.73 Å². The molecular formula is C19H18N8O. The fourth-order valence-electron chi connectivity index (χ4n) is 2.92. The number of aromatic nitrogens is 7. The molecule has 9 heteroatoms. The molecule has 2 N–H and O–H groups in total. The van der Waals surface area contributed by atoms with Crippen molar-refractivity contribution < 1.29 is 0 Å². The van der Waals surface area contributed by atoms with E-state index >= 15 is 0 Å². The van der Waals surface area contributed by atoms with Gasteiger partial charge in [0.05, 0.1) is 23.0 Å². The Labute approximate surface area is 160 Å². The van der Waals surface area contributed by atoms with Crippen molar-refractivity contribution in [3.8, 4) is 28.3 Å². The minimum atomic E-state index is -0.182. The summed E-state index contributed by atoms with van der Waals surface area (Å²) < 4.78 is 2.93. The van der Waals surface area contributed by atoms with Gasteiger partial charge in [-0.1, -0.05) is 30.3 Å². The number of nitrogen functional groups attached to an aromatic ring is 1. The maximum atomic E-state index is 12.2. The fraction of sp³-hybridized carbons (Fsp3) is 0.158. The number of nitrogens with two attached hydrogens (primary N) is 1. The van der Waals surface area contributed by atoms with Crippen LogP contribution in [0, 0.1) is 0 Å². The lowest BCUT2D eigenvalue weighted by Crippen LogP contribution is -2.24. The van der Waals surface area contributed by atoms with Gasteiger partial charge in [-0.05, 0) is 19.9 Å². The van der Waals surface area contributed by atoms with E-state index in [1.54, 1.807) is 6.07 Å². The third-order valence-corrected chi connectivity index (χ3v) is 4.16. The molecule has 0 aliphatic heterocycles. The van der Waals surface area contributed by atoms with Crippen LogP contribution in [0.15, 0.2) is 59.9 Å². The second-order valence-corrected chi connectivity index (χ2v) is 6.43. The highest BCUT2D eigenvalue weighted by atomic mass is 16.1. The molecule has 3 aromatic heterocycles. The molecule has 9 nitrogen and oxygen atoms in total. The molecule has 0 bridgehead atoms. The van der Waals surface area contributed by atoms with Crippen LogP contribution in [0.25, 0.3) is 28.3 Å². The van der Waals surface area contributed by atoms with Crippen molar-refractivity contribution in [2.24, 2.45) is 0 Å². The van der Waals surface area contributed by atoms with Crippen LogP contribution in [0.4, 0.5) is 5.95 Å². The van der Waals surface area contributed by atoms with E-state index in [1.807, 2.05) is 44.2 Å². The quantitative estimate of drug-likeness (QED) is 0.581. The van der Waals surface area contributed by atoms with Crippen LogP contribution >= 0.6 is 0 Å². The fourth-order valence-corrected chi connectivity index (χ4v) is 2.92. The summed E-state index contributed by atoms with van der Waals surface area (Å²) in [5, 5.41) is 8.74. The highest BCUT2D eigenvalue weighted by Gasteiger charge is 2.21. The van der Waals surface area contributed by atoms with Crippen molar-refractivity contribution in [3.05, 3.63) is 65.5 Å². The van der Waals surface area contributed by atoms with Gasteiger partial charge in [0.25, 0.3) is 5.56 Å². The van der Waals surface area contributed by atoms with Gasteiger partial charge in [0.1, 0.15) is 12.7 Å². The van der Waals surface area contributed by atoms with E-state index in [-0.39, 0.29) is 17.5 Å². The van der Waals surface area contributed by atoms with Crippen LogP contribution in [0.2, 0.25) is 0 Å². The van der Waals surface area contributed by atoms with Crippen LogP contribution in [0.3, 0.4) is 0 Å². The van der Waals surface area contributed by atoms with E-state index in [2.05, 4.69) is 25.1 Å². The lowest BCUT2D eigenvalue weighted by molar-refractivity contribution is 0.505. The van der Waals surface area contributed by atoms with Gasteiger partial charge in [0, 0.05) is 11.6 Å². The van der Waals surface area contributed by atoms with Crippen molar-refractivity contribution in [2.45, 2.75) is 19.9 Å². The Hall–Kier alpha value is -3.88. The molecule has 4 rings (SSSR count). The Morgan fingerprint density at radius 2 is 1.82 bits per heavy atom. The van der Waals surface area contributed by atoms with Crippen molar-refractivity contribution in [1.82, 2.24) is 34.5 Å². The van der Waals surface area contributed by atoms with Crippen LogP contribution in [0.1, 0.15) is 19.9 Å². The van der Waals surface area contributed by atoms with Crippen LogP contribution in [0.5, 0.6) is 0 Å². The van der Waals surface area contributed by atoms with E-state index in [1.165, 1.54) is 28.1 Å². The Morgan fingerprint density at radius 1 is 1.04 bits per heavy atom. The summed E-state index contributed by atoms with van der Waals surface area (Å²) in [4.78, 5) is 25.0. The molecule has 3 heterocycles. The second-order valence-electron chi connectivity index (χ2n) is 6.43. The van der Waals surface area contributed by atoms with Gasteiger partial charge in [-0.25, -0.2) is 19.3 Å². The first-order chi connectivity index (χ1) is 13.5. The zero-order valence-electron chi connectivity index (χ0n) is 15.4. The van der Waals surface area contributed by atoms with Crippen molar-refractivity contribution in [3.63, 3.8) is 0 Å². The molecule has 0 saturated heterocycles. The molecule has 0 radical (unpaired) electrons. The third-order valence-electron chi connectivity index (χ3n) is 4.16. The van der Waals surface area contributed by atoms with E-state index in [0.717, 1.165) is 5.56 Å². The molecule has 4 aromatic rings. The molecule has 140 valence electrons. The molecule has 0 spiro atoms. The summed E-state index contributed by atoms with van der Waals surface area (Å²) >= 11 is 0. The Balaban J connectivity index is 2.07. The van der Waals surface area contributed by atoms with Gasteiger partial charge in [-0.2, -0.15) is 15.2 Å². The second kappa shape index (κ2) is 7.03. The monoisotopic (exact) mass is 374 g/mol. The molecule has 0 saturated carbocycles. The molecule has 0 fully saturated rings. The van der Waals surface area contributed by atoms with Gasteiger partial charge < -0.3 is 5.73 Å². The molecule has 0 aliphatic carbocycles. The maximum absolute atomic E-state index is 12.2. The highest BCUT2D eigenvalue weighted by molar-refractivity contribution is 5.84. The highest BCUT2D eigenvalue weighted by Crippen LogP contribution is 2.33. The molecule has 28 heavy (non-hydrogen) atoms. The maximum Gasteiger partial charge on any atom is 0.267 e. The van der Waals surface area contributed by atoms with Crippen molar-refractivity contribution >= 4 is 5.95 Å². The summed E-state index contributed by atoms with van der Waals surface area (Å²) in [5.74, 6) is 0.538. The number of rotatable bonds is 4. The Bertz CT molecular complexity index is 1170. The number of benzene rings is 1. The molecular weight excluding hydrogens is 356 g/mol. The molecule has 0 aliphatic rings. The van der Waals surface area contributed by atoms with Gasteiger partial charge in [-0.3, -0.25) is 4.79 Å². The van der Waals surface area contributed by atoms with E-state index in [0.29, 0.717) is 22.8 Å². The predicted molar refractivity (Wildman–Crippen MR) is 105 cm³/mol. The molecule has 0 amide bonds. The first-order valence-electron chi connectivity index (χ1n) is 8.73. The summed E-state index contributed by atoms with van der Waals surface area (Å²) in [6.45, 7) is 3.79. The average molecular weight is 374 g/mol. The summed E-state index contributed by atoms with van der Waals surface area (Å²) in [5.41, 5.74) is 8.40. The van der Waals surface area contributed by atoms with Gasteiger partial charge in [0.2, 0.25) is 5.95 Å².